The molecule has 0 unspecified atom stereocenters. The van der Waals surface area contributed by atoms with Crippen molar-refractivity contribution in [1.29, 1.82) is 0 Å². The molecule has 1 fully saturated rings. The van der Waals surface area contributed by atoms with E-state index in [1.54, 1.807) is 12.1 Å². The Labute approximate surface area is 153 Å². The average Bonchev–Trinajstić information content (AvgIpc) is 3.17. The van der Waals surface area contributed by atoms with Gasteiger partial charge in [0, 0.05) is 5.02 Å². The minimum atomic E-state index is -0.173. The lowest BCUT2D eigenvalue weighted by molar-refractivity contribution is -0.115. The number of amides is 1. The molecule has 2 aromatic rings. The second kappa shape index (κ2) is 6.46. The van der Waals surface area contributed by atoms with Gasteiger partial charge in [-0.3, -0.25) is 4.79 Å². The van der Waals surface area contributed by atoms with E-state index in [0.29, 0.717) is 26.6 Å². The minimum Gasteiger partial charge on any atom is -0.454 e. The van der Waals surface area contributed by atoms with Gasteiger partial charge in [0.15, 0.2) is 16.7 Å². The number of thioether (sulfide) groups is 1. The third kappa shape index (κ3) is 3.36. The Morgan fingerprint density at radius 3 is 2.88 bits per heavy atom. The number of ether oxygens (including phenoxy) is 2. The van der Waals surface area contributed by atoms with Gasteiger partial charge in [0.1, 0.15) is 0 Å². The lowest BCUT2D eigenvalue weighted by Crippen LogP contribution is -2.19. The first-order valence-electron chi connectivity index (χ1n) is 7.54. The quantitative estimate of drug-likeness (QED) is 0.800. The van der Waals surface area contributed by atoms with Crippen LogP contribution in [0.3, 0.4) is 0 Å². The Balaban J connectivity index is 1.58. The topological polar surface area (TPSA) is 59.9 Å². The van der Waals surface area contributed by atoms with Crippen LogP contribution in [0.5, 0.6) is 11.5 Å². The molecule has 2 heterocycles. The molecule has 2 aromatic carbocycles. The molecule has 0 spiro atoms. The molecule has 7 heteroatoms. The van der Waals surface area contributed by atoms with Crippen molar-refractivity contribution in [2.24, 2.45) is 4.99 Å². The number of rotatable bonds is 2. The van der Waals surface area contributed by atoms with Gasteiger partial charge in [-0.1, -0.05) is 17.7 Å². The Bertz CT molecular complexity index is 940. The third-order valence-corrected chi connectivity index (χ3v) is 4.87. The van der Waals surface area contributed by atoms with Crippen LogP contribution in [0.1, 0.15) is 11.1 Å². The minimum absolute atomic E-state index is 0.173. The molecule has 1 N–H and O–H groups in total. The van der Waals surface area contributed by atoms with Gasteiger partial charge >= 0.3 is 0 Å². The smallest absolute Gasteiger partial charge is 0.264 e. The summed E-state index contributed by atoms with van der Waals surface area (Å²) in [6, 6.07) is 11.0. The fourth-order valence-electron chi connectivity index (χ4n) is 2.49. The van der Waals surface area contributed by atoms with Crippen LogP contribution in [0, 0.1) is 6.92 Å². The molecule has 25 heavy (non-hydrogen) atoms. The number of aliphatic imine (C=N–C) groups is 1. The molecule has 0 saturated carbocycles. The van der Waals surface area contributed by atoms with Crippen molar-refractivity contribution in [2.45, 2.75) is 6.92 Å². The average molecular weight is 373 g/mol. The van der Waals surface area contributed by atoms with Gasteiger partial charge in [-0.05, 0) is 66.2 Å². The third-order valence-electron chi connectivity index (χ3n) is 3.73. The molecular weight excluding hydrogens is 360 g/mol. The monoisotopic (exact) mass is 372 g/mol. The van der Waals surface area contributed by atoms with Crippen LogP contribution in [0.4, 0.5) is 5.69 Å². The molecule has 4 rings (SSSR count). The highest BCUT2D eigenvalue weighted by Crippen LogP contribution is 2.35. The lowest BCUT2D eigenvalue weighted by Gasteiger charge is -2.01. The van der Waals surface area contributed by atoms with Crippen LogP contribution in [-0.4, -0.2) is 17.9 Å². The van der Waals surface area contributed by atoms with E-state index in [2.05, 4.69) is 10.3 Å². The summed E-state index contributed by atoms with van der Waals surface area (Å²) in [7, 11) is 0. The molecule has 5 nitrogen and oxygen atoms in total. The number of carbonyl (C=O) groups is 1. The van der Waals surface area contributed by atoms with Crippen molar-refractivity contribution in [3.63, 3.8) is 0 Å². The van der Waals surface area contributed by atoms with Gasteiger partial charge in [-0.25, -0.2) is 4.99 Å². The number of fused-ring (bicyclic) bond motifs is 1. The fourth-order valence-corrected chi connectivity index (χ4v) is 3.55. The highest BCUT2D eigenvalue weighted by atomic mass is 35.5. The maximum Gasteiger partial charge on any atom is 0.264 e. The predicted octanol–water partition coefficient (Wildman–Crippen LogP) is 4.27. The number of amidine groups is 1. The van der Waals surface area contributed by atoms with Crippen LogP contribution in [0.15, 0.2) is 46.3 Å². The molecule has 1 saturated heterocycles. The van der Waals surface area contributed by atoms with Crippen LogP contribution in [0.2, 0.25) is 5.02 Å². The Morgan fingerprint density at radius 1 is 1.20 bits per heavy atom. The normalized spacial score (nSPS) is 18.9. The summed E-state index contributed by atoms with van der Waals surface area (Å²) in [5.74, 6) is 1.22. The van der Waals surface area contributed by atoms with E-state index in [1.807, 2.05) is 37.3 Å². The number of hydrogen-bond donors (Lipinski definition) is 1. The summed E-state index contributed by atoms with van der Waals surface area (Å²) in [4.78, 5) is 17.3. The van der Waals surface area contributed by atoms with E-state index >= 15 is 0 Å². The number of carbonyl (C=O) groups excluding carboxylic acids is 1. The van der Waals surface area contributed by atoms with Crippen molar-refractivity contribution in [2.75, 3.05) is 6.79 Å². The number of nitrogens with zero attached hydrogens (tertiary/aromatic N) is 1. The number of halogens is 1. The van der Waals surface area contributed by atoms with Gasteiger partial charge < -0.3 is 14.8 Å². The molecule has 2 aliphatic rings. The van der Waals surface area contributed by atoms with Crippen molar-refractivity contribution < 1.29 is 14.3 Å². The van der Waals surface area contributed by atoms with Crippen LogP contribution in [0.25, 0.3) is 6.08 Å². The maximum absolute atomic E-state index is 12.2. The number of hydrogen-bond acceptors (Lipinski definition) is 5. The van der Waals surface area contributed by atoms with Gasteiger partial charge in [-0.15, -0.1) is 0 Å². The number of nitrogens with one attached hydrogen (secondary N) is 1. The first kappa shape index (κ1) is 16.1. The second-order valence-corrected chi connectivity index (χ2v) is 6.99. The largest absolute Gasteiger partial charge is 0.454 e. The van der Waals surface area contributed by atoms with Gasteiger partial charge in [0.25, 0.3) is 5.91 Å². The molecule has 0 aliphatic carbocycles. The summed E-state index contributed by atoms with van der Waals surface area (Å²) >= 11 is 7.26. The Hall–Kier alpha value is -2.44. The van der Waals surface area contributed by atoms with E-state index in [9.17, 15) is 4.79 Å². The van der Waals surface area contributed by atoms with Crippen LogP contribution >= 0.6 is 23.4 Å². The van der Waals surface area contributed by atoms with E-state index in [0.717, 1.165) is 16.8 Å². The molecule has 0 bridgehead atoms. The second-order valence-electron chi connectivity index (χ2n) is 5.53. The molecule has 126 valence electrons. The zero-order valence-corrected chi connectivity index (χ0v) is 14.8. The van der Waals surface area contributed by atoms with E-state index in [4.69, 9.17) is 21.1 Å². The molecular formula is C18H13ClN2O3S. The van der Waals surface area contributed by atoms with Crippen molar-refractivity contribution in [3.8, 4) is 11.5 Å². The van der Waals surface area contributed by atoms with E-state index in [-0.39, 0.29) is 12.7 Å². The highest BCUT2D eigenvalue weighted by Gasteiger charge is 2.24. The summed E-state index contributed by atoms with van der Waals surface area (Å²) in [5, 5.41) is 3.99. The zero-order chi connectivity index (χ0) is 17.4. The van der Waals surface area contributed by atoms with Gasteiger partial charge in [-0.2, -0.15) is 0 Å². The molecule has 1 amide bonds. The lowest BCUT2D eigenvalue weighted by atomic mass is 10.2. The maximum atomic E-state index is 12.2. The fraction of sp³-hybridized carbons (Fsp3) is 0.111. The van der Waals surface area contributed by atoms with Crippen molar-refractivity contribution >= 4 is 46.2 Å². The number of benzene rings is 2. The SMILES string of the molecule is Cc1cc(Cl)ccc1N=C1NC(=O)/C(=C/c2ccc3c(c2)OCO3)S1. The van der Waals surface area contributed by atoms with Gasteiger partial charge in [0.05, 0.1) is 10.6 Å². The highest BCUT2D eigenvalue weighted by molar-refractivity contribution is 8.18. The van der Waals surface area contributed by atoms with Crippen molar-refractivity contribution in [3.05, 3.63) is 57.5 Å². The Kier molecular flexibility index (Phi) is 4.15. The van der Waals surface area contributed by atoms with Crippen molar-refractivity contribution in [1.82, 2.24) is 5.32 Å². The summed E-state index contributed by atoms with van der Waals surface area (Å²) in [6.45, 7) is 2.15. The van der Waals surface area contributed by atoms with Gasteiger partial charge in [0.2, 0.25) is 6.79 Å². The first-order valence-corrected chi connectivity index (χ1v) is 8.73. The summed E-state index contributed by atoms with van der Waals surface area (Å²) in [5.41, 5.74) is 2.59. The standard InChI is InChI=1S/C18H13ClN2O3S/c1-10-6-12(19)3-4-13(10)20-18-21-17(22)16(25-18)8-11-2-5-14-15(7-11)24-9-23-14/h2-8H,9H2,1H3,(H,20,21,22)/b16-8-. The molecule has 0 atom stereocenters. The predicted molar refractivity (Wildman–Crippen MR) is 99.6 cm³/mol. The summed E-state index contributed by atoms with van der Waals surface area (Å²) < 4.78 is 10.7. The molecule has 0 radical (unpaired) electrons. The first-order chi connectivity index (χ1) is 12.1. The van der Waals surface area contributed by atoms with E-state index < -0.39 is 0 Å². The molecule has 2 aliphatic heterocycles. The van der Waals surface area contributed by atoms with Crippen LogP contribution < -0.4 is 14.8 Å². The van der Waals surface area contributed by atoms with Crippen LogP contribution in [-0.2, 0) is 4.79 Å². The Morgan fingerprint density at radius 2 is 2.04 bits per heavy atom. The van der Waals surface area contributed by atoms with E-state index in [1.165, 1.54) is 11.8 Å². The summed E-state index contributed by atoms with van der Waals surface area (Å²) in [6.07, 6.45) is 1.80. The zero-order valence-electron chi connectivity index (χ0n) is 13.2. The molecule has 0 aromatic heterocycles. The number of aryl methyl sites for hydroxylation is 1.